The molecule has 10 heteroatoms. The quantitative estimate of drug-likeness (QED) is 0.750. The Morgan fingerprint density at radius 3 is 2.47 bits per heavy atom. The topological polar surface area (TPSA) is 105 Å². The average Bonchev–Trinajstić information content (AvgIpc) is 3.04. The average molecular weight is 454 g/mol. The molecule has 0 bridgehead atoms. The largest absolute Gasteiger partial charge is 0.444 e. The van der Waals surface area contributed by atoms with Crippen LogP contribution in [0.25, 0.3) is 0 Å². The standard InChI is InChI=1S/C20H27N3O5S2/c1-12-6-8-14(9-7-12)23-15-10-30(26,27)11-16(15)29-18(23)22-17(24)13(2)21-19(25)28-20(3,4)5/h6-9,13,15-16H,10-11H2,1-5H3,(H,21,25)/t13-,15+,16-/m1/s1. The van der Waals surface area contributed by atoms with Crippen molar-refractivity contribution in [1.29, 1.82) is 0 Å². The van der Waals surface area contributed by atoms with Crippen LogP contribution < -0.4 is 10.2 Å². The zero-order valence-electron chi connectivity index (χ0n) is 17.7. The Bertz CT molecular complexity index is 967. The third-order valence-electron chi connectivity index (χ3n) is 4.69. The van der Waals surface area contributed by atoms with Crippen LogP contribution in [0.4, 0.5) is 10.5 Å². The molecule has 3 rings (SSSR count). The van der Waals surface area contributed by atoms with Crippen molar-refractivity contribution in [2.24, 2.45) is 4.99 Å². The van der Waals surface area contributed by atoms with E-state index in [-0.39, 0.29) is 22.8 Å². The number of benzene rings is 1. The summed E-state index contributed by atoms with van der Waals surface area (Å²) in [7, 11) is -3.13. The van der Waals surface area contributed by atoms with Crippen LogP contribution in [0.1, 0.15) is 33.3 Å². The van der Waals surface area contributed by atoms with Crippen LogP contribution in [-0.4, -0.2) is 60.0 Å². The lowest BCUT2D eigenvalue weighted by Crippen LogP contribution is -2.42. The van der Waals surface area contributed by atoms with Gasteiger partial charge in [0.1, 0.15) is 11.6 Å². The van der Waals surface area contributed by atoms with Gasteiger partial charge in [-0.15, -0.1) is 0 Å². The van der Waals surface area contributed by atoms with E-state index in [1.807, 2.05) is 36.1 Å². The Morgan fingerprint density at radius 1 is 1.23 bits per heavy atom. The molecule has 1 aromatic rings. The number of amides is 2. The number of fused-ring (bicyclic) bond motifs is 1. The predicted molar refractivity (Wildman–Crippen MR) is 119 cm³/mol. The normalized spacial score (nSPS) is 25.1. The zero-order valence-corrected chi connectivity index (χ0v) is 19.3. The summed E-state index contributed by atoms with van der Waals surface area (Å²) in [5.74, 6) is -0.440. The number of carbonyl (C=O) groups excluding carboxylic acids is 2. The third-order valence-corrected chi connectivity index (χ3v) is 7.90. The molecule has 0 unspecified atom stereocenters. The van der Waals surface area contributed by atoms with Gasteiger partial charge in [0.25, 0.3) is 5.91 Å². The fourth-order valence-corrected chi connectivity index (χ4v) is 7.23. The van der Waals surface area contributed by atoms with E-state index in [9.17, 15) is 18.0 Å². The fraction of sp³-hybridized carbons (Fsp3) is 0.550. The number of anilines is 1. The fourth-order valence-electron chi connectivity index (χ4n) is 3.31. The van der Waals surface area contributed by atoms with Crippen molar-refractivity contribution in [3.63, 3.8) is 0 Å². The lowest BCUT2D eigenvalue weighted by Gasteiger charge is -2.25. The molecule has 2 amide bonds. The molecular formula is C20H27N3O5S2. The molecule has 0 spiro atoms. The number of hydrogen-bond acceptors (Lipinski definition) is 6. The number of nitrogens with zero attached hydrogens (tertiary/aromatic N) is 2. The Kier molecular flexibility index (Phi) is 6.20. The smallest absolute Gasteiger partial charge is 0.408 e. The number of carbonyl (C=O) groups is 2. The Morgan fingerprint density at radius 2 is 1.87 bits per heavy atom. The molecule has 0 aromatic heterocycles. The number of amidine groups is 1. The summed E-state index contributed by atoms with van der Waals surface area (Å²) < 4.78 is 29.5. The predicted octanol–water partition coefficient (Wildman–Crippen LogP) is 2.51. The summed E-state index contributed by atoms with van der Waals surface area (Å²) in [6.07, 6.45) is -0.694. The van der Waals surface area contributed by atoms with E-state index in [0.717, 1.165) is 11.3 Å². The summed E-state index contributed by atoms with van der Waals surface area (Å²) in [6, 6.07) is 6.50. The minimum Gasteiger partial charge on any atom is -0.444 e. The van der Waals surface area contributed by atoms with Crippen molar-refractivity contribution in [3.05, 3.63) is 29.8 Å². The van der Waals surface area contributed by atoms with Gasteiger partial charge in [0, 0.05) is 10.9 Å². The lowest BCUT2D eigenvalue weighted by atomic mass is 10.1. The monoisotopic (exact) mass is 453 g/mol. The molecule has 2 aliphatic heterocycles. The number of aryl methyl sites for hydroxylation is 1. The van der Waals surface area contributed by atoms with Crippen LogP contribution in [0.3, 0.4) is 0 Å². The van der Waals surface area contributed by atoms with Gasteiger partial charge in [-0.1, -0.05) is 29.5 Å². The first kappa shape index (κ1) is 22.6. The van der Waals surface area contributed by atoms with Gasteiger partial charge in [-0.05, 0) is 46.8 Å². The SMILES string of the molecule is Cc1ccc(N2C(=NC(=O)[C@@H](C)NC(=O)OC(C)(C)C)S[C@@H]3CS(=O)(=O)C[C@@H]32)cc1. The highest BCUT2D eigenvalue weighted by atomic mass is 32.2. The third kappa shape index (κ3) is 5.34. The molecule has 0 aliphatic carbocycles. The van der Waals surface area contributed by atoms with Crippen LogP contribution in [-0.2, 0) is 19.4 Å². The van der Waals surface area contributed by atoms with Gasteiger partial charge in [-0.2, -0.15) is 4.99 Å². The maximum Gasteiger partial charge on any atom is 0.408 e. The highest BCUT2D eigenvalue weighted by Crippen LogP contribution is 2.41. The zero-order chi connectivity index (χ0) is 22.3. The first-order valence-electron chi connectivity index (χ1n) is 9.70. The van der Waals surface area contributed by atoms with Crippen LogP contribution in [0.2, 0.25) is 0 Å². The molecule has 8 nitrogen and oxygen atoms in total. The molecule has 3 atom stereocenters. The second kappa shape index (κ2) is 8.22. The van der Waals surface area contributed by atoms with Gasteiger partial charge in [0.2, 0.25) is 0 Å². The highest BCUT2D eigenvalue weighted by Gasteiger charge is 2.49. The number of aliphatic imine (C=N–C) groups is 1. The molecule has 2 saturated heterocycles. The van der Waals surface area contributed by atoms with E-state index in [0.29, 0.717) is 5.17 Å². The van der Waals surface area contributed by atoms with Crippen molar-refractivity contribution in [1.82, 2.24) is 5.32 Å². The van der Waals surface area contributed by atoms with Crippen LogP contribution in [0.15, 0.2) is 29.3 Å². The summed E-state index contributed by atoms with van der Waals surface area (Å²) in [6.45, 7) is 8.72. The molecule has 2 heterocycles. The Labute approximate surface area is 181 Å². The first-order chi connectivity index (χ1) is 13.8. The van der Waals surface area contributed by atoms with Gasteiger partial charge < -0.3 is 15.0 Å². The van der Waals surface area contributed by atoms with Gasteiger partial charge in [-0.25, -0.2) is 13.2 Å². The lowest BCUT2D eigenvalue weighted by molar-refractivity contribution is -0.119. The minimum absolute atomic E-state index is 0.0253. The van der Waals surface area contributed by atoms with Crippen molar-refractivity contribution in [2.75, 3.05) is 16.4 Å². The maximum atomic E-state index is 12.7. The van der Waals surface area contributed by atoms with E-state index in [1.54, 1.807) is 20.8 Å². The van der Waals surface area contributed by atoms with Gasteiger partial charge in [0.05, 0.1) is 17.5 Å². The number of rotatable bonds is 3. The number of alkyl carbamates (subject to hydrolysis) is 1. The molecule has 2 aliphatic rings. The second-order valence-electron chi connectivity index (χ2n) is 8.61. The first-order valence-corrected chi connectivity index (χ1v) is 12.4. The van der Waals surface area contributed by atoms with Gasteiger partial charge >= 0.3 is 6.09 Å². The Balaban J connectivity index is 1.82. The second-order valence-corrected chi connectivity index (χ2v) is 12.0. The number of sulfone groups is 1. The van der Waals surface area contributed by atoms with Crippen LogP contribution in [0.5, 0.6) is 0 Å². The molecule has 1 N–H and O–H groups in total. The molecule has 164 valence electrons. The van der Waals surface area contributed by atoms with Gasteiger partial charge in [-0.3, -0.25) is 4.79 Å². The van der Waals surface area contributed by atoms with E-state index < -0.39 is 33.5 Å². The number of ether oxygens (including phenoxy) is 1. The van der Waals surface area contributed by atoms with E-state index in [4.69, 9.17) is 4.74 Å². The van der Waals surface area contributed by atoms with E-state index in [1.165, 1.54) is 18.7 Å². The van der Waals surface area contributed by atoms with Crippen molar-refractivity contribution in [2.45, 2.75) is 57.6 Å². The van der Waals surface area contributed by atoms with Crippen LogP contribution >= 0.6 is 11.8 Å². The number of thioether (sulfide) groups is 1. The summed E-state index contributed by atoms with van der Waals surface area (Å²) in [5, 5.41) is 2.76. The van der Waals surface area contributed by atoms with Crippen molar-refractivity contribution >= 4 is 44.5 Å². The summed E-state index contributed by atoms with van der Waals surface area (Å²) in [4.78, 5) is 30.7. The molecule has 1 aromatic carbocycles. The van der Waals surface area contributed by atoms with Gasteiger partial charge in [0.15, 0.2) is 15.0 Å². The molecule has 0 saturated carbocycles. The molecular weight excluding hydrogens is 426 g/mol. The number of nitrogens with one attached hydrogen (secondary N) is 1. The number of hydrogen-bond donors (Lipinski definition) is 1. The van der Waals surface area contributed by atoms with Crippen LogP contribution in [0, 0.1) is 6.92 Å². The maximum absolute atomic E-state index is 12.7. The van der Waals surface area contributed by atoms with E-state index >= 15 is 0 Å². The molecule has 30 heavy (non-hydrogen) atoms. The van der Waals surface area contributed by atoms with Crippen molar-refractivity contribution < 1.29 is 22.7 Å². The van der Waals surface area contributed by atoms with E-state index in [2.05, 4.69) is 10.3 Å². The molecule has 0 radical (unpaired) electrons. The molecule has 2 fully saturated rings. The minimum atomic E-state index is -3.13. The highest BCUT2D eigenvalue weighted by molar-refractivity contribution is 8.16. The summed E-state index contributed by atoms with van der Waals surface area (Å²) >= 11 is 1.30. The summed E-state index contributed by atoms with van der Waals surface area (Å²) in [5.41, 5.74) is 1.19. The Hall–Kier alpha value is -2.07. The van der Waals surface area contributed by atoms with Crippen molar-refractivity contribution in [3.8, 4) is 0 Å².